The van der Waals surface area contributed by atoms with Gasteiger partial charge in [0.1, 0.15) is 5.92 Å². The Kier molecular flexibility index (Phi) is 6.75. The number of hydrogen-bond acceptors (Lipinski definition) is 4. The van der Waals surface area contributed by atoms with Gasteiger partial charge in [-0.05, 0) is 55.5 Å². The van der Waals surface area contributed by atoms with E-state index in [1.54, 1.807) is 26.0 Å². The Bertz CT molecular complexity index is 1140. The summed E-state index contributed by atoms with van der Waals surface area (Å²) in [7, 11) is 0. The SMILES string of the molecule is CCOC(=O)C1C(C)=NC2=C(C(=O)CC(c3ccc(Cl)cc3)C2)C1c1cccc(Cl)c1Cl. The maximum absolute atomic E-state index is 13.5. The quantitative estimate of drug-likeness (QED) is 0.444. The number of ether oxygens (including phenoxy) is 1. The van der Waals surface area contributed by atoms with Crippen LogP contribution in [0.5, 0.6) is 0 Å². The average molecular weight is 491 g/mol. The second kappa shape index (κ2) is 9.38. The van der Waals surface area contributed by atoms with Gasteiger partial charge < -0.3 is 4.74 Å². The fraction of sp³-hybridized carbons (Fsp3) is 0.320. The molecule has 0 amide bonds. The van der Waals surface area contributed by atoms with Gasteiger partial charge >= 0.3 is 5.97 Å². The Morgan fingerprint density at radius 3 is 2.50 bits per heavy atom. The lowest BCUT2D eigenvalue weighted by Crippen LogP contribution is -2.38. The number of hydrogen-bond donors (Lipinski definition) is 0. The van der Waals surface area contributed by atoms with Gasteiger partial charge in [0, 0.05) is 34.3 Å². The summed E-state index contributed by atoms with van der Waals surface area (Å²) in [6.45, 7) is 3.78. The lowest BCUT2D eigenvalue weighted by atomic mass is 9.69. The molecular weight excluding hydrogens is 469 g/mol. The third-order valence-electron chi connectivity index (χ3n) is 6.09. The van der Waals surface area contributed by atoms with E-state index in [0.717, 1.165) is 5.56 Å². The molecule has 7 heteroatoms. The Morgan fingerprint density at radius 2 is 1.81 bits per heavy atom. The fourth-order valence-corrected chi connectivity index (χ4v) is 5.22. The number of ketones is 1. The summed E-state index contributed by atoms with van der Waals surface area (Å²) in [4.78, 5) is 31.2. The molecule has 4 nitrogen and oxygen atoms in total. The second-order valence-corrected chi connectivity index (χ2v) is 9.27. The number of carbonyl (C=O) groups excluding carboxylic acids is 2. The highest BCUT2D eigenvalue weighted by molar-refractivity contribution is 6.42. The van der Waals surface area contributed by atoms with Crippen molar-refractivity contribution in [1.29, 1.82) is 0 Å². The van der Waals surface area contributed by atoms with Gasteiger partial charge in [-0.15, -0.1) is 0 Å². The van der Waals surface area contributed by atoms with Crippen molar-refractivity contribution in [1.82, 2.24) is 0 Å². The third-order valence-corrected chi connectivity index (χ3v) is 7.17. The highest BCUT2D eigenvalue weighted by atomic mass is 35.5. The van der Waals surface area contributed by atoms with E-state index in [4.69, 9.17) is 44.5 Å². The minimum Gasteiger partial charge on any atom is -0.465 e. The van der Waals surface area contributed by atoms with Crippen LogP contribution < -0.4 is 0 Å². The first kappa shape index (κ1) is 23.0. The monoisotopic (exact) mass is 489 g/mol. The third kappa shape index (κ3) is 4.24. The molecule has 2 aromatic carbocycles. The van der Waals surface area contributed by atoms with Gasteiger partial charge in [0.05, 0.1) is 16.7 Å². The molecule has 0 saturated carbocycles. The molecular formula is C25H22Cl3NO3. The maximum atomic E-state index is 13.5. The van der Waals surface area contributed by atoms with Gasteiger partial charge in [-0.3, -0.25) is 14.6 Å². The molecule has 1 aliphatic heterocycles. The standard InChI is InChI=1S/C25H22Cl3NO3/c1-3-32-25(31)21-13(2)29-19-11-15(14-7-9-16(26)10-8-14)12-20(30)23(19)22(21)17-5-4-6-18(27)24(17)28/h4-10,15,21-22H,3,11-12H2,1-2H3. The largest absolute Gasteiger partial charge is 0.465 e. The van der Waals surface area contributed by atoms with Crippen molar-refractivity contribution in [2.75, 3.05) is 6.61 Å². The van der Waals surface area contributed by atoms with Gasteiger partial charge in [0.2, 0.25) is 0 Å². The van der Waals surface area contributed by atoms with Crippen molar-refractivity contribution in [2.24, 2.45) is 10.9 Å². The number of benzene rings is 2. The van der Waals surface area contributed by atoms with E-state index in [2.05, 4.69) is 0 Å². The van der Waals surface area contributed by atoms with Crippen LogP contribution >= 0.6 is 34.8 Å². The van der Waals surface area contributed by atoms with Crippen molar-refractivity contribution in [3.8, 4) is 0 Å². The van der Waals surface area contributed by atoms with Gasteiger partial charge in [0.25, 0.3) is 0 Å². The minimum absolute atomic E-state index is 0.00954. The zero-order valence-corrected chi connectivity index (χ0v) is 20.0. The molecule has 0 bridgehead atoms. The molecule has 3 unspecified atom stereocenters. The predicted molar refractivity (Wildman–Crippen MR) is 128 cm³/mol. The molecule has 1 aliphatic carbocycles. The molecule has 166 valence electrons. The second-order valence-electron chi connectivity index (χ2n) is 8.04. The molecule has 1 heterocycles. The van der Waals surface area contributed by atoms with E-state index < -0.39 is 17.8 Å². The summed E-state index contributed by atoms with van der Waals surface area (Å²) in [6, 6.07) is 12.8. The normalized spacial score (nSPS) is 23.0. The molecule has 4 rings (SSSR count). The van der Waals surface area contributed by atoms with Crippen molar-refractivity contribution in [3.05, 3.63) is 79.9 Å². The molecule has 0 spiro atoms. The van der Waals surface area contributed by atoms with Crippen molar-refractivity contribution in [3.63, 3.8) is 0 Å². The lowest BCUT2D eigenvalue weighted by molar-refractivity contribution is -0.146. The number of allylic oxidation sites excluding steroid dienone is 2. The number of Topliss-reactive ketones (excluding diaryl/α,β-unsaturated/α-hetero) is 1. The highest BCUT2D eigenvalue weighted by Gasteiger charge is 2.45. The number of carbonyl (C=O) groups is 2. The molecule has 0 aromatic heterocycles. The molecule has 2 aromatic rings. The van der Waals surface area contributed by atoms with E-state index in [1.165, 1.54) is 0 Å². The Morgan fingerprint density at radius 1 is 1.09 bits per heavy atom. The zero-order chi connectivity index (χ0) is 23.0. The van der Waals surface area contributed by atoms with Crippen LogP contribution in [0.4, 0.5) is 0 Å². The van der Waals surface area contributed by atoms with Gasteiger partial charge in [0.15, 0.2) is 5.78 Å². The molecule has 32 heavy (non-hydrogen) atoms. The minimum atomic E-state index is -0.735. The summed E-state index contributed by atoms with van der Waals surface area (Å²) in [5, 5.41) is 1.36. The van der Waals surface area contributed by atoms with Crippen LogP contribution in [0.2, 0.25) is 15.1 Å². The van der Waals surface area contributed by atoms with E-state index >= 15 is 0 Å². The van der Waals surface area contributed by atoms with Crippen molar-refractivity contribution >= 4 is 52.3 Å². The molecule has 0 fully saturated rings. The summed E-state index contributed by atoms with van der Waals surface area (Å²) < 4.78 is 5.35. The first-order chi connectivity index (χ1) is 15.3. The highest BCUT2D eigenvalue weighted by Crippen LogP contribution is 2.49. The molecule has 0 N–H and O–H groups in total. The van der Waals surface area contributed by atoms with E-state index in [-0.39, 0.29) is 18.3 Å². The summed E-state index contributed by atoms with van der Waals surface area (Å²) in [5.74, 6) is -1.80. The predicted octanol–water partition coefficient (Wildman–Crippen LogP) is 6.79. The fourth-order valence-electron chi connectivity index (χ4n) is 4.66. The first-order valence-electron chi connectivity index (χ1n) is 10.5. The van der Waals surface area contributed by atoms with Crippen LogP contribution in [0, 0.1) is 5.92 Å². The van der Waals surface area contributed by atoms with Gasteiger partial charge in [-0.2, -0.15) is 0 Å². The van der Waals surface area contributed by atoms with Gasteiger partial charge in [-0.1, -0.05) is 59.1 Å². The molecule has 0 saturated heterocycles. The number of esters is 1. The molecule has 2 aliphatic rings. The van der Waals surface area contributed by atoms with Crippen LogP contribution in [-0.2, 0) is 14.3 Å². The summed E-state index contributed by atoms with van der Waals surface area (Å²) in [5.41, 5.74) is 3.50. The number of nitrogens with zero attached hydrogens (tertiary/aromatic N) is 1. The average Bonchev–Trinajstić information content (AvgIpc) is 2.75. The van der Waals surface area contributed by atoms with Crippen LogP contribution in [-0.4, -0.2) is 24.1 Å². The molecule has 0 radical (unpaired) electrons. The van der Waals surface area contributed by atoms with Crippen molar-refractivity contribution in [2.45, 2.75) is 38.5 Å². The topological polar surface area (TPSA) is 55.7 Å². The number of aliphatic imine (C=N–C) groups is 1. The number of halogens is 3. The Labute approximate surface area is 202 Å². The summed E-state index contributed by atoms with van der Waals surface area (Å²) >= 11 is 18.9. The summed E-state index contributed by atoms with van der Waals surface area (Å²) in [6.07, 6.45) is 0.906. The van der Waals surface area contributed by atoms with E-state index in [9.17, 15) is 9.59 Å². The van der Waals surface area contributed by atoms with Crippen molar-refractivity contribution < 1.29 is 14.3 Å². The van der Waals surface area contributed by atoms with E-state index in [1.807, 2.05) is 30.3 Å². The molecule has 3 atom stereocenters. The Hall–Kier alpha value is -2.14. The zero-order valence-electron chi connectivity index (χ0n) is 17.7. The van der Waals surface area contributed by atoms with Crippen LogP contribution in [0.15, 0.2) is 58.7 Å². The smallest absolute Gasteiger partial charge is 0.315 e. The van der Waals surface area contributed by atoms with Crippen LogP contribution in [0.3, 0.4) is 0 Å². The van der Waals surface area contributed by atoms with Crippen LogP contribution in [0.1, 0.15) is 49.7 Å². The Balaban J connectivity index is 1.83. The van der Waals surface area contributed by atoms with Gasteiger partial charge in [-0.25, -0.2) is 0 Å². The lowest BCUT2D eigenvalue weighted by Gasteiger charge is -2.36. The first-order valence-corrected chi connectivity index (χ1v) is 11.6. The van der Waals surface area contributed by atoms with Crippen LogP contribution in [0.25, 0.3) is 0 Å². The van der Waals surface area contributed by atoms with E-state index in [0.29, 0.717) is 50.5 Å². The maximum Gasteiger partial charge on any atom is 0.315 e. The number of rotatable bonds is 4.